The van der Waals surface area contributed by atoms with Crippen molar-refractivity contribution >= 4 is 29.0 Å². The molecule has 14 heavy (non-hydrogen) atoms. The van der Waals surface area contributed by atoms with E-state index in [9.17, 15) is 4.79 Å². The number of hydrogen-bond acceptors (Lipinski definition) is 2. The average Bonchev–Trinajstić information content (AvgIpc) is 2.19. The first-order valence-electron chi connectivity index (χ1n) is 3.92. The molecule has 0 N–H and O–H groups in total. The van der Waals surface area contributed by atoms with Crippen LogP contribution in [0.4, 0.5) is 0 Å². The number of rotatable bonds is 2. The van der Waals surface area contributed by atoms with Gasteiger partial charge >= 0.3 is 0 Å². The van der Waals surface area contributed by atoms with Crippen LogP contribution in [0.1, 0.15) is 17.3 Å². The Morgan fingerprint density at radius 1 is 1.29 bits per heavy atom. The highest BCUT2D eigenvalue weighted by Gasteiger charge is 1.97. The molecule has 0 bridgehead atoms. The van der Waals surface area contributed by atoms with Crippen LogP contribution in [-0.4, -0.2) is 18.2 Å². The van der Waals surface area contributed by atoms with Gasteiger partial charge in [0.2, 0.25) is 0 Å². The van der Waals surface area contributed by atoms with Gasteiger partial charge in [-0.15, -0.1) is 23.2 Å². The summed E-state index contributed by atoms with van der Waals surface area (Å²) in [6.45, 7) is 1.54. The molecule has 1 aromatic rings. The normalized spacial score (nSPS) is 8.57. The van der Waals surface area contributed by atoms with Crippen LogP contribution < -0.4 is 4.74 Å². The fourth-order valence-electron chi connectivity index (χ4n) is 0.826. The third kappa shape index (κ3) is 5.10. The molecule has 2 nitrogen and oxygen atoms in total. The largest absolute Gasteiger partial charge is 0.497 e. The van der Waals surface area contributed by atoms with Gasteiger partial charge in [0.15, 0.2) is 5.78 Å². The summed E-state index contributed by atoms with van der Waals surface area (Å²) in [5.41, 5.74) is 0.714. The summed E-state index contributed by atoms with van der Waals surface area (Å²) in [7, 11) is 1.60. The maximum absolute atomic E-state index is 10.8. The van der Waals surface area contributed by atoms with Gasteiger partial charge in [-0.25, -0.2) is 0 Å². The topological polar surface area (TPSA) is 26.3 Å². The number of hydrogen-bond donors (Lipinski definition) is 0. The predicted molar refractivity (Wildman–Crippen MR) is 59.6 cm³/mol. The Balaban J connectivity index is 0.000000500. The first-order valence-corrected chi connectivity index (χ1v) is 4.99. The summed E-state index contributed by atoms with van der Waals surface area (Å²) >= 11 is 9.53. The maximum atomic E-state index is 10.8. The minimum Gasteiger partial charge on any atom is -0.497 e. The molecular weight excluding hydrogens is 223 g/mol. The summed E-state index contributed by atoms with van der Waals surface area (Å²) < 4.78 is 4.94. The van der Waals surface area contributed by atoms with Crippen LogP contribution in [0.5, 0.6) is 5.75 Å². The molecule has 4 heteroatoms. The summed E-state index contributed by atoms with van der Waals surface area (Å²) in [6.07, 6.45) is 0. The highest BCUT2D eigenvalue weighted by atomic mass is 35.5. The molecule has 0 heterocycles. The minimum absolute atomic E-state index is 0.0765. The van der Waals surface area contributed by atoms with E-state index in [0.29, 0.717) is 5.56 Å². The third-order valence-electron chi connectivity index (χ3n) is 1.50. The second kappa shape index (κ2) is 7.65. The summed E-state index contributed by atoms with van der Waals surface area (Å²) in [6, 6.07) is 7.05. The van der Waals surface area contributed by atoms with Gasteiger partial charge in [0, 0.05) is 5.56 Å². The fourth-order valence-corrected chi connectivity index (χ4v) is 0.826. The first kappa shape index (κ1) is 13.3. The Bertz CT molecular complexity index is 270. The zero-order valence-electron chi connectivity index (χ0n) is 8.09. The number of halogens is 2. The SMILES string of the molecule is COc1ccc(C(C)=O)cc1.ClCCl. The maximum Gasteiger partial charge on any atom is 0.159 e. The van der Waals surface area contributed by atoms with Gasteiger partial charge in [-0.05, 0) is 31.2 Å². The van der Waals surface area contributed by atoms with Crippen molar-refractivity contribution in [1.29, 1.82) is 0 Å². The van der Waals surface area contributed by atoms with Crippen molar-refractivity contribution in [3.8, 4) is 5.75 Å². The number of methoxy groups -OCH3 is 1. The van der Waals surface area contributed by atoms with Crippen molar-refractivity contribution in [3.63, 3.8) is 0 Å². The second-order valence-corrected chi connectivity index (χ2v) is 3.19. The zero-order valence-corrected chi connectivity index (χ0v) is 9.60. The molecule has 0 saturated heterocycles. The van der Waals surface area contributed by atoms with Crippen molar-refractivity contribution in [2.24, 2.45) is 0 Å². The van der Waals surface area contributed by atoms with E-state index in [-0.39, 0.29) is 11.1 Å². The molecule has 1 rings (SSSR count). The molecule has 1 aromatic carbocycles. The highest BCUT2D eigenvalue weighted by Crippen LogP contribution is 2.11. The molecule has 0 radical (unpaired) electrons. The van der Waals surface area contributed by atoms with E-state index in [2.05, 4.69) is 0 Å². The van der Waals surface area contributed by atoms with Crippen molar-refractivity contribution in [3.05, 3.63) is 29.8 Å². The Kier molecular flexibility index (Phi) is 7.25. The predicted octanol–water partition coefficient (Wildman–Crippen LogP) is 3.32. The summed E-state index contributed by atoms with van der Waals surface area (Å²) in [4.78, 5) is 10.8. The number of carbonyl (C=O) groups is 1. The lowest BCUT2D eigenvalue weighted by Crippen LogP contribution is -1.91. The van der Waals surface area contributed by atoms with Crippen LogP contribution in [0.2, 0.25) is 0 Å². The van der Waals surface area contributed by atoms with Gasteiger partial charge < -0.3 is 4.74 Å². The number of Topliss-reactive ketones (excluding diaryl/α,β-unsaturated/α-hetero) is 1. The van der Waals surface area contributed by atoms with E-state index in [0.717, 1.165) is 5.75 Å². The van der Waals surface area contributed by atoms with Gasteiger partial charge in [0.25, 0.3) is 0 Å². The van der Waals surface area contributed by atoms with E-state index in [1.165, 1.54) is 0 Å². The molecule has 0 fully saturated rings. The van der Waals surface area contributed by atoms with Crippen LogP contribution in [0.3, 0.4) is 0 Å². The molecular formula is C10H12Cl2O2. The molecule has 0 amide bonds. The number of carbonyl (C=O) groups excluding carboxylic acids is 1. The third-order valence-corrected chi connectivity index (χ3v) is 1.50. The van der Waals surface area contributed by atoms with Crippen LogP contribution >= 0.6 is 23.2 Å². The molecule has 0 aliphatic carbocycles. The molecule has 0 saturated carbocycles. The van der Waals surface area contributed by atoms with Crippen molar-refractivity contribution in [1.82, 2.24) is 0 Å². The summed E-state index contributed by atoms with van der Waals surface area (Å²) in [5, 5.41) is 0.194. The van der Waals surface area contributed by atoms with Crippen molar-refractivity contribution in [2.75, 3.05) is 12.4 Å². The van der Waals surface area contributed by atoms with E-state index in [4.69, 9.17) is 27.9 Å². The molecule has 78 valence electrons. The number of ether oxygens (including phenoxy) is 1. The lowest BCUT2D eigenvalue weighted by Gasteiger charge is -1.98. The number of ketones is 1. The fraction of sp³-hybridized carbons (Fsp3) is 0.300. The second-order valence-electron chi connectivity index (χ2n) is 2.39. The highest BCUT2D eigenvalue weighted by molar-refractivity contribution is 6.40. The lowest BCUT2D eigenvalue weighted by atomic mass is 10.1. The Morgan fingerprint density at radius 2 is 1.71 bits per heavy atom. The van der Waals surface area contributed by atoms with Gasteiger partial charge in [0.05, 0.1) is 12.4 Å². The van der Waals surface area contributed by atoms with E-state index in [1.54, 1.807) is 38.3 Å². The Labute approximate surface area is 93.8 Å². The van der Waals surface area contributed by atoms with Crippen LogP contribution in [0, 0.1) is 0 Å². The minimum atomic E-state index is 0.0765. The molecule has 0 spiro atoms. The van der Waals surface area contributed by atoms with Gasteiger partial charge in [-0.2, -0.15) is 0 Å². The Hall–Kier alpha value is -0.730. The lowest BCUT2D eigenvalue weighted by molar-refractivity contribution is 0.101. The Morgan fingerprint density at radius 3 is 2.00 bits per heavy atom. The molecule has 0 aromatic heterocycles. The van der Waals surface area contributed by atoms with E-state index < -0.39 is 0 Å². The standard InChI is InChI=1S/C9H10O2.CH2Cl2/c1-7(10)8-3-5-9(11-2)6-4-8;2-1-3/h3-6H,1-2H3;1H2. The average molecular weight is 235 g/mol. The van der Waals surface area contributed by atoms with Crippen LogP contribution in [0.15, 0.2) is 24.3 Å². The summed E-state index contributed by atoms with van der Waals surface area (Å²) in [5.74, 6) is 0.850. The number of benzene rings is 1. The molecule has 0 atom stereocenters. The molecule has 0 aliphatic heterocycles. The zero-order chi connectivity index (χ0) is 11.0. The molecule has 0 aliphatic rings. The quantitative estimate of drug-likeness (QED) is 0.580. The first-order chi connectivity index (χ1) is 6.65. The monoisotopic (exact) mass is 234 g/mol. The van der Waals surface area contributed by atoms with Crippen molar-refractivity contribution in [2.45, 2.75) is 6.92 Å². The van der Waals surface area contributed by atoms with Crippen LogP contribution in [-0.2, 0) is 0 Å². The van der Waals surface area contributed by atoms with E-state index >= 15 is 0 Å². The smallest absolute Gasteiger partial charge is 0.159 e. The van der Waals surface area contributed by atoms with E-state index in [1.807, 2.05) is 0 Å². The van der Waals surface area contributed by atoms with Gasteiger partial charge in [-0.1, -0.05) is 0 Å². The van der Waals surface area contributed by atoms with Gasteiger partial charge in [-0.3, -0.25) is 4.79 Å². The van der Waals surface area contributed by atoms with Crippen LogP contribution in [0.25, 0.3) is 0 Å². The van der Waals surface area contributed by atoms with Gasteiger partial charge in [0.1, 0.15) is 5.75 Å². The molecule has 0 unspecified atom stereocenters. The number of alkyl halides is 2. The van der Waals surface area contributed by atoms with Crippen molar-refractivity contribution < 1.29 is 9.53 Å².